The molecule has 0 bridgehead atoms. The minimum Gasteiger partial charge on any atom is -0.507 e. The Balaban J connectivity index is 2.77. The summed E-state index contributed by atoms with van der Waals surface area (Å²) in [6.45, 7) is 3.81. The Morgan fingerprint density at radius 3 is 2.69 bits per heavy atom. The molecule has 0 aliphatic carbocycles. The van der Waals surface area contributed by atoms with Crippen molar-refractivity contribution in [2.45, 2.75) is 13.8 Å². The van der Waals surface area contributed by atoms with Gasteiger partial charge in [-0.15, -0.1) is 0 Å². The third-order valence-corrected chi connectivity index (χ3v) is 2.63. The predicted octanol–water partition coefficient (Wildman–Crippen LogP) is 2.30. The lowest BCUT2D eigenvalue weighted by molar-refractivity contribution is 0.473. The highest BCUT2D eigenvalue weighted by Gasteiger charge is 2.08. The monoisotopic (exact) mass is 237 g/mol. The topological polar surface area (TPSA) is 80.0 Å². The summed E-state index contributed by atoms with van der Waals surface area (Å²) in [4.78, 5) is 0. The number of nitrogens with one attached hydrogen (secondary N) is 3. The van der Waals surface area contributed by atoms with Crippen molar-refractivity contribution < 1.29 is 5.11 Å². The predicted molar refractivity (Wildman–Crippen MR) is 68.7 cm³/mol. The van der Waals surface area contributed by atoms with Crippen molar-refractivity contribution in [3.05, 3.63) is 29.3 Å². The molecule has 0 amide bonds. The average Bonchev–Trinajstić information content (AvgIpc) is 2.17. The van der Waals surface area contributed by atoms with Crippen molar-refractivity contribution in [3.63, 3.8) is 0 Å². The highest BCUT2D eigenvalue weighted by atomic mass is 32.2. The van der Waals surface area contributed by atoms with Gasteiger partial charge in [0.25, 0.3) is 0 Å². The summed E-state index contributed by atoms with van der Waals surface area (Å²) in [7, 11) is 0. The number of hydrogen-bond acceptors (Lipinski definition) is 4. The van der Waals surface area contributed by atoms with Crippen LogP contribution in [0.3, 0.4) is 0 Å². The normalized spacial score (nSPS) is 9.88. The van der Waals surface area contributed by atoms with Crippen molar-refractivity contribution in [1.82, 2.24) is 5.32 Å². The molecular weight excluding hydrogens is 222 g/mol. The Hall–Kier alpha value is -1.49. The smallest absolute Gasteiger partial charge is 0.159 e. The average molecular weight is 237 g/mol. The van der Waals surface area contributed by atoms with Crippen LogP contribution in [-0.4, -0.2) is 21.9 Å². The zero-order valence-electron chi connectivity index (χ0n) is 9.29. The van der Waals surface area contributed by atoms with Gasteiger partial charge >= 0.3 is 0 Å². The molecule has 1 rings (SSSR count). The maximum atomic E-state index is 9.65. The Morgan fingerprint density at radius 2 is 2.12 bits per heavy atom. The number of thioether (sulfide) groups is 1. The van der Waals surface area contributed by atoms with E-state index in [0.29, 0.717) is 5.56 Å². The lowest BCUT2D eigenvalue weighted by atomic mass is 10.1. The number of aryl methyl sites for hydroxylation is 1. The molecule has 1 aromatic carbocycles. The minimum absolute atomic E-state index is 0.0449. The molecule has 0 unspecified atom stereocenters. The summed E-state index contributed by atoms with van der Waals surface area (Å²) < 4.78 is 0. The Bertz CT molecular complexity index is 418. The van der Waals surface area contributed by atoms with Gasteiger partial charge in [-0.1, -0.05) is 24.8 Å². The molecule has 1 aromatic rings. The van der Waals surface area contributed by atoms with Gasteiger partial charge < -0.3 is 10.4 Å². The lowest BCUT2D eigenvalue weighted by Gasteiger charge is -2.09. The molecule has 0 aliphatic heterocycles. The van der Waals surface area contributed by atoms with Gasteiger partial charge in [-0.25, -0.2) is 0 Å². The molecule has 16 heavy (non-hydrogen) atoms. The number of amidine groups is 2. The first-order valence-corrected chi connectivity index (χ1v) is 5.90. The van der Waals surface area contributed by atoms with Gasteiger partial charge in [0.1, 0.15) is 11.6 Å². The highest BCUT2D eigenvalue weighted by Crippen LogP contribution is 2.18. The van der Waals surface area contributed by atoms with Crippen LogP contribution in [0.25, 0.3) is 0 Å². The van der Waals surface area contributed by atoms with Crippen LogP contribution in [0.2, 0.25) is 0 Å². The van der Waals surface area contributed by atoms with Crippen molar-refractivity contribution in [1.29, 1.82) is 10.8 Å². The van der Waals surface area contributed by atoms with E-state index < -0.39 is 0 Å². The van der Waals surface area contributed by atoms with Crippen LogP contribution in [0.5, 0.6) is 5.75 Å². The second kappa shape index (κ2) is 5.55. The van der Waals surface area contributed by atoms with Crippen molar-refractivity contribution in [2.24, 2.45) is 0 Å². The van der Waals surface area contributed by atoms with Gasteiger partial charge in [-0.2, -0.15) is 0 Å². The molecule has 0 aromatic heterocycles. The van der Waals surface area contributed by atoms with Crippen LogP contribution in [0.15, 0.2) is 18.2 Å². The standard InChI is InChI=1S/C11H15N3OS/c1-3-16-11(13)14-10(12)8-5-4-7(2)6-9(8)15/h4-6,15H,3H2,1-2H3,(H3,12,13,14). The van der Waals surface area contributed by atoms with Gasteiger partial charge in [-0.3, -0.25) is 10.8 Å². The molecule has 0 radical (unpaired) electrons. The van der Waals surface area contributed by atoms with Gasteiger partial charge in [0.2, 0.25) is 0 Å². The van der Waals surface area contributed by atoms with Crippen LogP contribution in [0.4, 0.5) is 0 Å². The SMILES string of the molecule is CCSC(=N)NC(=N)c1ccc(C)cc1O. The van der Waals surface area contributed by atoms with E-state index in [0.717, 1.165) is 11.3 Å². The van der Waals surface area contributed by atoms with E-state index >= 15 is 0 Å². The third kappa shape index (κ3) is 3.27. The highest BCUT2D eigenvalue weighted by molar-refractivity contribution is 8.13. The van der Waals surface area contributed by atoms with E-state index in [1.165, 1.54) is 11.8 Å². The zero-order valence-corrected chi connectivity index (χ0v) is 10.1. The summed E-state index contributed by atoms with van der Waals surface area (Å²) in [6.07, 6.45) is 0. The van der Waals surface area contributed by atoms with E-state index in [9.17, 15) is 5.11 Å². The molecule has 86 valence electrons. The van der Waals surface area contributed by atoms with E-state index in [4.69, 9.17) is 10.8 Å². The first-order valence-electron chi connectivity index (χ1n) is 4.91. The number of benzene rings is 1. The summed E-state index contributed by atoms with van der Waals surface area (Å²) in [5.41, 5.74) is 1.35. The summed E-state index contributed by atoms with van der Waals surface area (Å²) in [5.74, 6) is 0.883. The van der Waals surface area contributed by atoms with Crippen molar-refractivity contribution >= 4 is 22.8 Å². The lowest BCUT2D eigenvalue weighted by Crippen LogP contribution is -2.27. The number of hydrogen-bond donors (Lipinski definition) is 4. The van der Waals surface area contributed by atoms with Gasteiger partial charge in [0.15, 0.2) is 5.17 Å². The van der Waals surface area contributed by atoms with E-state index in [1.54, 1.807) is 12.1 Å². The molecule has 0 heterocycles. The van der Waals surface area contributed by atoms with Crippen molar-refractivity contribution in [2.75, 3.05) is 5.75 Å². The fraction of sp³-hybridized carbons (Fsp3) is 0.273. The first kappa shape index (κ1) is 12.6. The summed E-state index contributed by atoms with van der Waals surface area (Å²) in [5, 5.41) is 27.7. The maximum absolute atomic E-state index is 9.65. The van der Waals surface area contributed by atoms with Crippen LogP contribution in [-0.2, 0) is 0 Å². The van der Waals surface area contributed by atoms with Crippen LogP contribution in [0, 0.1) is 17.7 Å². The second-order valence-corrected chi connectivity index (χ2v) is 4.56. The molecule has 0 aliphatic rings. The van der Waals surface area contributed by atoms with Gasteiger partial charge in [-0.05, 0) is 30.4 Å². The molecule has 5 heteroatoms. The number of rotatable bonds is 2. The van der Waals surface area contributed by atoms with Crippen LogP contribution in [0.1, 0.15) is 18.1 Å². The van der Waals surface area contributed by atoms with Gasteiger partial charge in [0, 0.05) is 0 Å². The number of phenols is 1. The Morgan fingerprint density at radius 1 is 1.44 bits per heavy atom. The molecular formula is C11H15N3OS. The largest absolute Gasteiger partial charge is 0.507 e. The van der Waals surface area contributed by atoms with Crippen molar-refractivity contribution in [3.8, 4) is 5.75 Å². The summed E-state index contributed by atoms with van der Waals surface area (Å²) >= 11 is 1.31. The molecule has 4 N–H and O–H groups in total. The van der Waals surface area contributed by atoms with Gasteiger partial charge in [0.05, 0.1) is 5.56 Å². The molecule has 0 saturated carbocycles. The minimum atomic E-state index is 0.0449. The van der Waals surface area contributed by atoms with Crippen LogP contribution >= 0.6 is 11.8 Å². The van der Waals surface area contributed by atoms with E-state index in [1.807, 2.05) is 19.9 Å². The molecule has 0 atom stereocenters. The quantitative estimate of drug-likeness (QED) is 0.470. The zero-order chi connectivity index (χ0) is 12.1. The number of aromatic hydroxyl groups is 1. The first-order chi connectivity index (χ1) is 7.54. The van der Waals surface area contributed by atoms with E-state index in [2.05, 4.69) is 5.32 Å². The Kier molecular flexibility index (Phi) is 4.37. The Labute approximate surface area is 99.1 Å². The molecule has 0 spiro atoms. The molecule has 4 nitrogen and oxygen atoms in total. The third-order valence-electron chi connectivity index (χ3n) is 1.95. The fourth-order valence-electron chi connectivity index (χ4n) is 1.21. The number of phenolic OH excluding ortho intramolecular Hbond substituents is 1. The molecule has 0 fully saturated rings. The summed E-state index contributed by atoms with van der Waals surface area (Å²) in [6, 6.07) is 5.09. The van der Waals surface area contributed by atoms with E-state index in [-0.39, 0.29) is 16.8 Å². The van der Waals surface area contributed by atoms with Crippen LogP contribution < -0.4 is 5.32 Å². The maximum Gasteiger partial charge on any atom is 0.159 e. The molecule has 0 saturated heterocycles. The second-order valence-electron chi connectivity index (χ2n) is 3.28. The fourth-order valence-corrected chi connectivity index (χ4v) is 1.68.